The molecule has 2 heterocycles. The Labute approximate surface area is 114 Å². The van der Waals surface area contributed by atoms with Gasteiger partial charge in [-0.3, -0.25) is 0 Å². The van der Waals surface area contributed by atoms with Gasteiger partial charge in [0.05, 0.1) is 18.8 Å². The lowest BCUT2D eigenvalue weighted by molar-refractivity contribution is 0.0299. The molecule has 100 valence electrons. The lowest BCUT2D eigenvalue weighted by Crippen LogP contribution is -2.48. The Morgan fingerprint density at radius 3 is 3.00 bits per heavy atom. The number of hydrogen-bond donors (Lipinski definition) is 1. The molecular weight excluding hydrogens is 276 g/mol. The zero-order chi connectivity index (χ0) is 13.3. The van der Waals surface area contributed by atoms with Gasteiger partial charge in [0.1, 0.15) is 0 Å². The minimum Gasteiger partial charge on any atom is -0.477 e. The maximum absolute atomic E-state index is 11.0. The number of aromatic nitrogens is 1. The van der Waals surface area contributed by atoms with Crippen LogP contribution in [0.1, 0.15) is 29.9 Å². The number of carboxylic acid groups (broad SMARTS) is 1. The van der Waals surface area contributed by atoms with E-state index >= 15 is 0 Å². The molecule has 0 aliphatic carbocycles. The summed E-state index contributed by atoms with van der Waals surface area (Å²) in [6, 6.07) is 0.227. The second-order valence-corrected chi connectivity index (χ2v) is 5.62. The Morgan fingerprint density at radius 1 is 1.72 bits per heavy atom. The molecule has 2 rings (SSSR count). The summed E-state index contributed by atoms with van der Waals surface area (Å²) in [6.45, 7) is 5.41. The lowest BCUT2D eigenvalue weighted by atomic mass is 10.1. The molecule has 1 aliphatic rings. The maximum atomic E-state index is 11.0. The van der Waals surface area contributed by atoms with Crippen molar-refractivity contribution >= 4 is 34.0 Å². The number of aromatic carboxylic acids is 1. The van der Waals surface area contributed by atoms with Gasteiger partial charge in [-0.2, -0.15) is 0 Å². The topological polar surface area (TPSA) is 62.7 Å². The molecule has 18 heavy (non-hydrogen) atoms. The molecule has 1 aromatic heterocycles. The van der Waals surface area contributed by atoms with E-state index in [0.717, 1.165) is 17.8 Å². The Hall–Kier alpha value is -0.850. The molecule has 2 unspecified atom stereocenters. The van der Waals surface area contributed by atoms with Crippen molar-refractivity contribution < 1.29 is 14.6 Å². The van der Waals surface area contributed by atoms with Crippen LogP contribution in [0.3, 0.4) is 0 Å². The second kappa shape index (κ2) is 5.42. The van der Waals surface area contributed by atoms with Crippen molar-refractivity contribution in [2.75, 3.05) is 18.1 Å². The number of halogens is 1. The van der Waals surface area contributed by atoms with Gasteiger partial charge in [0.25, 0.3) is 0 Å². The highest BCUT2D eigenvalue weighted by molar-refractivity contribution is 7.18. The lowest BCUT2D eigenvalue weighted by Gasteiger charge is -2.38. The van der Waals surface area contributed by atoms with E-state index in [-0.39, 0.29) is 22.2 Å². The number of nitrogens with zero attached hydrogens (tertiary/aromatic N) is 2. The summed E-state index contributed by atoms with van der Waals surface area (Å²) in [5.74, 6) is -1.03. The minimum absolute atomic E-state index is 0.0662. The molecule has 5 nitrogen and oxygen atoms in total. The molecule has 0 aromatic carbocycles. The monoisotopic (exact) mass is 290 g/mol. The summed E-state index contributed by atoms with van der Waals surface area (Å²) >= 11 is 6.97. The standard InChI is InChI=1S/C11H15ClN2O3S/c1-3-7-5-17-6(2)4-14(7)11-13-9(12)8(18-11)10(15)16/h6-7H,3-5H2,1-2H3,(H,15,16). The number of ether oxygens (including phenoxy) is 1. The van der Waals surface area contributed by atoms with Crippen molar-refractivity contribution in [3.05, 3.63) is 10.0 Å². The predicted molar refractivity (Wildman–Crippen MR) is 70.9 cm³/mol. The molecule has 2 atom stereocenters. The van der Waals surface area contributed by atoms with E-state index in [4.69, 9.17) is 21.4 Å². The zero-order valence-electron chi connectivity index (χ0n) is 10.2. The number of hydrogen-bond acceptors (Lipinski definition) is 5. The first-order valence-corrected chi connectivity index (χ1v) is 7.00. The largest absolute Gasteiger partial charge is 0.477 e. The number of anilines is 1. The molecule has 0 radical (unpaired) electrons. The Balaban J connectivity index is 2.28. The van der Waals surface area contributed by atoms with Crippen LogP contribution in [0, 0.1) is 0 Å². The number of morpholine rings is 1. The van der Waals surface area contributed by atoms with Gasteiger partial charge in [-0.15, -0.1) is 0 Å². The first-order chi connectivity index (χ1) is 8.52. The van der Waals surface area contributed by atoms with E-state index in [0.29, 0.717) is 18.3 Å². The molecule has 1 saturated heterocycles. The maximum Gasteiger partial charge on any atom is 0.349 e. The molecule has 0 saturated carbocycles. The van der Waals surface area contributed by atoms with E-state index in [2.05, 4.69) is 16.8 Å². The van der Waals surface area contributed by atoms with E-state index in [1.807, 2.05) is 6.92 Å². The van der Waals surface area contributed by atoms with Crippen molar-refractivity contribution in [2.45, 2.75) is 32.4 Å². The molecule has 0 amide bonds. The van der Waals surface area contributed by atoms with Crippen LogP contribution >= 0.6 is 22.9 Å². The van der Waals surface area contributed by atoms with Gasteiger partial charge in [0, 0.05) is 6.54 Å². The number of carbonyl (C=O) groups is 1. The van der Waals surface area contributed by atoms with Gasteiger partial charge in [0.2, 0.25) is 0 Å². The van der Waals surface area contributed by atoms with Gasteiger partial charge in [-0.25, -0.2) is 9.78 Å². The average Bonchev–Trinajstić information content (AvgIpc) is 2.71. The summed E-state index contributed by atoms with van der Waals surface area (Å²) in [5.41, 5.74) is 0. The number of carboxylic acids is 1. The first-order valence-electron chi connectivity index (χ1n) is 5.80. The van der Waals surface area contributed by atoms with Crippen LogP contribution in [0.5, 0.6) is 0 Å². The van der Waals surface area contributed by atoms with Gasteiger partial charge in [-0.05, 0) is 13.3 Å². The molecular formula is C11H15ClN2O3S. The van der Waals surface area contributed by atoms with Crippen molar-refractivity contribution in [3.8, 4) is 0 Å². The van der Waals surface area contributed by atoms with E-state index < -0.39 is 5.97 Å². The highest BCUT2D eigenvalue weighted by Crippen LogP contribution is 2.32. The van der Waals surface area contributed by atoms with Gasteiger partial charge >= 0.3 is 5.97 Å². The first kappa shape index (κ1) is 13.6. The highest BCUT2D eigenvalue weighted by atomic mass is 35.5. The van der Waals surface area contributed by atoms with Gasteiger partial charge in [-0.1, -0.05) is 29.9 Å². The van der Waals surface area contributed by atoms with Crippen LogP contribution in [0.4, 0.5) is 5.13 Å². The number of rotatable bonds is 3. The average molecular weight is 291 g/mol. The molecule has 1 aromatic rings. The summed E-state index contributed by atoms with van der Waals surface area (Å²) in [5, 5.41) is 9.73. The molecule has 1 aliphatic heterocycles. The fourth-order valence-corrected chi connectivity index (χ4v) is 3.17. The van der Waals surface area contributed by atoms with Crippen LogP contribution in [0.15, 0.2) is 0 Å². The molecule has 1 N–H and O–H groups in total. The molecule has 7 heteroatoms. The molecule has 0 spiro atoms. The predicted octanol–water partition coefficient (Wildman–Crippen LogP) is 2.50. The fourth-order valence-electron chi connectivity index (χ4n) is 1.96. The third-order valence-electron chi connectivity index (χ3n) is 2.95. The van der Waals surface area contributed by atoms with Crippen LogP contribution in [-0.4, -0.2) is 41.4 Å². The van der Waals surface area contributed by atoms with E-state index in [9.17, 15) is 4.79 Å². The quantitative estimate of drug-likeness (QED) is 0.927. The summed E-state index contributed by atoms with van der Waals surface area (Å²) in [4.78, 5) is 17.3. The van der Waals surface area contributed by atoms with Crippen molar-refractivity contribution in [1.82, 2.24) is 4.98 Å². The van der Waals surface area contributed by atoms with E-state index in [1.165, 1.54) is 0 Å². The summed E-state index contributed by atoms with van der Waals surface area (Å²) < 4.78 is 5.60. The van der Waals surface area contributed by atoms with Crippen molar-refractivity contribution in [1.29, 1.82) is 0 Å². The Bertz CT molecular complexity index is 451. The minimum atomic E-state index is -1.03. The molecule has 0 bridgehead atoms. The summed E-state index contributed by atoms with van der Waals surface area (Å²) in [7, 11) is 0. The Kier molecular flexibility index (Phi) is 4.09. The summed E-state index contributed by atoms with van der Waals surface area (Å²) in [6.07, 6.45) is 1.04. The third kappa shape index (κ3) is 2.60. The van der Waals surface area contributed by atoms with Gasteiger partial charge < -0.3 is 14.7 Å². The number of thiazole rings is 1. The normalized spacial score (nSPS) is 24.3. The van der Waals surface area contributed by atoms with Crippen molar-refractivity contribution in [2.24, 2.45) is 0 Å². The Morgan fingerprint density at radius 2 is 2.44 bits per heavy atom. The van der Waals surface area contributed by atoms with Crippen LogP contribution in [-0.2, 0) is 4.74 Å². The van der Waals surface area contributed by atoms with Gasteiger partial charge in [0.15, 0.2) is 15.2 Å². The van der Waals surface area contributed by atoms with Crippen molar-refractivity contribution in [3.63, 3.8) is 0 Å². The zero-order valence-corrected chi connectivity index (χ0v) is 11.8. The van der Waals surface area contributed by atoms with Crippen LogP contribution in [0.25, 0.3) is 0 Å². The van der Waals surface area contributed by atoms with Crippen LogP contribution in [0.2, 0.25) is 5.15 Å². The smallest absolute Gasteiger partial charge is 0.349 e. The van der Waals surface area contributed by atoms with Crippen LogP contribution < -0.4 is 4.90 Å². The SMILES string of the molecule is CCC1COC(C)CN1c1nc(Cl)c(C(=O)O)s1. The fraction of sp³-hybridized carbons (Fsp3) is 0.636. The third-order valence-corrected chi connectivity index (χ3v) is 4.42. The highest BCUT2D eigenvalue weighted by Gasteiger charge is 2.29. The second-order valence-electron chi connectivity index (χ2n) is 4.28. The molecule has 1 fully saturated rings. The van der Waals surface area contributed by atoms with E-state index in [1.54, 1.807) is 0 Å².